The fourth-order valence-electron chi connectivity index (χ4n) is 2.86. The molecule has 0 radical (unpaired) electrons. The summed E-state index contributed by atoms with van der Waals surface area (Å²) in [4.78, 5) is 25.6. The van der Waals surface area contributed by atoms with Gasteiger partial charge >= 0.3 is 0 Å². The summed E-state index contributed by atoms with van der Waals surface area (Å²) in [6.07, 6.45) is 0. The van der Waals surface area contributed by atoms with Crippen LogP contribution in [0.4, 0.5) is 0 Å². The van der Waals surface area contributed by atoms with E-state index in [4.69, 9.17) is 9.47 Å². The maximum absolute atomic E-state index is 12.8. The number of methoxy groups -OCH3 is 2. The number of carbonyl (C=O) groups is 2. The van der Waals surface area contributed by atoms with Gasteiger partial charge in [0.15, 0.2) is 11.6 Å². The summed E-state index contributed by atoms with van der Waals surface area (Å²) in [7, 11) is 3.16. The second-order valence-electron chi connectivity index (χ2n) is 6.20. The largest absolute Gasteiger partial charge is 0.497 e. The van der Waals surface area contributed by atoms with Gasteiger partial charge in [-0.15, -0.1) is 0 Å². The molecule has 136 valence electrons. The van der Waals surface area contributed by atoms with Gasteiger partial charge in [0.2, 0.25) is 0 Å². The third-order valence-electron chi connectivity index (χ3n) is 4.31. The average molecular weight is 360 g/mol. The van der Waals surface area contributed by atoms with Gasteiger partial charge in [0.05, 0.1) is 14.2 Å². The zero-order valence-corrected chi connectivity index (χ0v) is 15.5. The highest BCUT2D eigenvalue weighted by Crippen LogP contribution is 2.20. The van der Waals surface area contributed by atoms with Crippen LogP contribution in [-0.2, 0) is 0 Å². The SMILES string of the molecule is COc1ccc(C(=O)c2cc(C)cc(C(=O)c3ccc(OC)cc3)c2)cc1. The van der Waals surface area contributed by atoms with Crippen molar-refractivity contribution < 1.29 is 19.1 Å². The van der Waals surface area contributed by atoms with E-state index in [1.165, 1.54) is 0 Å². The average Bonchev–Trinajstić information content (AvgIpc) is 2.72. The van der Waals surface area contributed by atoms with Crippen LogP contribution in [0.15, 0.2) is 66.7 Å². The van der Waals surface area contributed by atoms with Crippen LogP contribution in [0.1, 0.15) is 37.4 Å². The highest BCUT2D eigenvalue weighted by atomic mass is 16.5. The highest BCUT2D eigenvalue weighted by Gasteiger charge is 2.15. The van der Waals surface area contributed by atoms with Crippen LogP contribution in [-0.4, -0.2) is 25.8 Å². The number of carbonyl (C=O) groups excluding carboxylic acids is 2. The molecule has 27 heavy (non-hydrogen) atoms. The Bertz CT molecular complexity index is 893. The van der Waals surface area contributed by atoms with E-state index in [2.05, 4.69) is 0 Å². The van der Waals surface area contributed by atoms with Crippen LogP contribution in [0.2, 0.25) is 0 Å². The minimum atomic E-state index is -0.134. The molecule has 0 N–H and O–H groups in total. The predicted octanol–water partition coefficient (Wildman–Crippen LogP) is 4.47. The molecule has 0 aliphatic heterocycles. The van der Waals surface area contributed by atoms with Gasteiger partial charge in [-0.05, 0) is 79.2 Å². The molecule has 3 rings (SSSR count). The Hall–Kier alpha value is -3.40. The van der Waals surface area contributed by atoms with Crippen molar-refractivity contribution in [3.8, 4) is 11.5 Å². The van der Waals surface area contributed by atoms with Gasteiger partial charge in [-0.3, -0.25) is 9.59 Å². The first-order valence-electron chi connectivity index (χ1n) is 8.51. The fraction of sp³-hybridized carbons (Fsp3) is 0.130. The molecule has 4 nitrogen and oxygen atoms in total. The molecular weight excluding hydrogens is 340 g/mol. The number of benzene rings is 3. The lowest BCUT2D eigenvalue weighted by Crippen LogP contribution is -2.07. The Balaban J connectivity index is 1.92. The summed E-state index contributed by atoms with van der Waals surface area (Å²) in [6, 6.07) is 19.1. The number of rotatable bonds is 6. The van der Waals surface area contributed by atoms with E-state index in [0.29, 0.717) is 33.8 Å². The molecule has 3 aromatic rings. The van der Waals surface area contributed by atoms with Gasteiger partial charge in [0.1, 0.15) is 11.5 Å². The molecule has 4 heteroatoms. The standard InChI is InChI=1S/C23H20O4/c1-15-12-18(22(24)16-4-8-20(26-2)9-5-16)14-19(13-15)23(25)17-6-10-21(27-3)11-7-17/h4-14H,1-3H3. The number of ketones is 2. The van der Waals surface area contributed by atoms with Crippen LogP contribution < -0.4 is 9.47 Å². The molecule has 0 saturated carbocycles. The van der Waals surface area contributed by atoms with Gasteiger partial charge in [-0.1, -0.05) is 0 Å². The number of hydrogen-bond acceptors (Lipinski definition) is 4. The van der Waals surface area contributed by atoms with E-state index in [1.54, 1.807) is 80.9 Å². The van der Waals surface area contributed by atoms with Gasteiger partial charge < -0.3 is 9.47 Å². The summed E-state index contributed by atoms with van der Waals surface area (Å²) >= 11 is 0. The number of ether oxygens (including phenoxy) is 2. The first kappa shape index (κ1) is 18.4. The molecule has 0 atom stereocenters. The molecule has 0 bridgehead atoms. The van der Waals surface area contributed by atoms with Crippen LogP contribution in [0.3, 0.4) is 0 Å². The van der Waals surface area contributed by atoms with Gasteiger partial charge in [-0.25, -0.2) is 0 Å². The van der Waals surface area contributed by atoms with Crippen molar-refractivity contribution in [1.29, 1.82) is 0 Å². The normalized spacial score (nSPS) is 10.3. The summed E-state index contributed by atoms with van der Waals surface area (Å²) in [5.41, 5.74) is 2.91. The van der Waals surface area contributed by atoms with Crippen molar-refractivity contribution in [3.05, 3.63) is 94.5 Å². The van der Waals surface area contributed by atoms with Crippen molar-refractivity contribution >= 4 is 11.6 Å². The second-order valence-corrected chi connectivity index (χ2v) is 6.20. The van der Waals surface area contributed by atoms with Crippen LogP contribution in [0.5, 0.6) is 11.5 Å². The second kappa shape index (κ2) is 7.87. The van der Waals surface area contributed by atoms with E-state index in [0.717, 1.165) is 5.56 Å². The lowest BCUT2D eigenvalue weighted by Gasteiger charge is -2.08. The maximum atomic E-state index is 12.8. The monoisotopic (exact) mass is 360 g/mol. The molecule has 0 aromatic heterocycles. The quantitative estimate of drug-likeness (QED) is 0.609. The Kier molecular flexibility index (Phi) is 5.36. The third-order valence-corrected chi connectivity index (χ3v) is 4.31. The molecule has 0 saturated heterocycles. The molecule has 0 fully saturated rings. The summed E-state index contributed by atoms with van der Waals surface area (Å²) in [6.45, 7) is 1.87. The predicted molar refractivity (Wildman–Crippen MR) is 104 cm³/mol. The van der Waals surface area contributed by atoms with Crippen LogP contribution >= 0.6 is 0 Å². The molecule has 0 aliphatic rings. The first-order valence-corrected chi connectivity index (χ1v) is 8.51. The van der Waals surface area contributed by atoms with Crippen molar-refractivity contribution in [2.45, 2.75) is 6.92 Å². The van der Waals surface area contributed by atoms with E-state index < -0.39 is 0 Å². The number of aryl methyl sites for hydroxylation is 1. The smallest absolute Gasteiger partial charge is 0.193 e. The Morgan fingerprint density at radius 2 is 0.963 bits per heavy atom. The van der Waals surface area contributed by atoms with Crippen LogP contribution in [0.25, 0.3) is 0 Å². The summed E-state index contributed by atoms with van der Waals surface area (Å²) < 4.78 is 10.2. The Labute approximate surface area is 158 Å². The topological polar surface area (TPSA) is 52.6 Å². The van der Waals surface area contributed by atoms with Crippen molar-refractivity contribution in [2.75, 3.05) is 14.2 Å². The van der Waals surface area contributed by atoms with Crippen molar-refractivity contribution in [2.24, 2.45) is 0 Å². The zero-order valence-electron chi connectivity index (χ0n) is 15.5. The fourth-order valence-corrected chi connectivity index (χ4v) is 2.86. The first-order chi connectivity index (χ1) is 13.0. The molecular formula is C23H20O4. The minimum Gasteiger partial charge on any atom is -0.497 e. The molecule has 0 aliphatic carbocycles. The minimum absolute atomic E-state index is 0.134. The van der Waals surface area contributed by atoms with E-state index in [9.17, 15) is 9.59 Å². The summed E-state index contributed by atoms with van der Waals surface area (Å²) in [5, 5.41) is 0. The van der Waals surface area contributed by atoms with E-state index in [-0.39, 0.29) is 11.6 Å². The van der Waals surface area contributed by atoms with E-state index >= 15 is 0 Å². The molecule has 0 amide bonds. The highest BCUT2D eigenvalue weighted by molar-refractivity contribution is 6.13. The van der Waals surface area contributed by atoms with Gasteiger partial charge in [0.25, 0.3) is 0 Å². The van der Waals surface area contributed by atoms with Gasteiger partial charge in [0, 0.05) is 22.3 Å². The maximum Gasteiger partial charge on any atom is 0.193 e. The Morgan fingerprint density at radius 1 is 0.593 bits per heavy atom. The summed E-state index contributed by atoms with van der Waals surface area (Å²) in [5.74, 6) is 1.10. The molecule has 0 heterocycles. The number of hydrogen-bond donors (Lipinski definition) is 0. The van der Waals surface area contributed by atoms with Crippen molar-refractivity contribution in [3.63, 3.8) is 0 Å². The lowest BCUT2D eigenvalue weighted by atomic mass is 9.95. The van der Waals surface area contributed by atoms with E-state index in [1.807, 2.05) is 6.92 Å². The lowest BCUT2D eigenvalue weighted by molar-refractivity contribution is 0.103. The molecule has 0 unspecified atom stereocenters. The third kappa shape index (κ3) is 4.06. The Morgan fingerprint density at radius 3 is 1.30 bits per heavy atom. The van der Waals surface area contributed by atoms with Gasteiger partial charge in [-0.2, -0.15) is 0 Å². The van der Waals surface area contributed by atoms with Crippen molar-refractivity contribution in [1.82, 2.24) is 0 Å². The molecule has 3 aromatic carbocycles. The van der Waals surface area contributed by atoms with Crippen LogP contribution in [0, 0.1) is 6.92 Å². The zero-order chi connectivity index (χ0) is 19.4. The molecule has 0 spiro atoms.